The number of alkyl halides is 3. The van der Waals surface area contributed by atoms with Crippen LogP contribution in [0, 0.1) is 0 Å². The standard InChI is InChI=1S/C4H4Cl4O2/c1-2(4(6,7)8)10-3(5)9/h2H,1H3. The molecule has 1 unspecified atom stereocenters. The summed E-state index contributed by atoms with van der Waals surface area (Å²) in [4.78, 5) is 10.1. The van der Waals surface area contributed by atoms with Crippen molar-refractivity contribution >= 4 is 51.8 Å². The van der Waals surface area contributed by atoms with Gasteiger partial charge in [-0.3, -0.25) is 0 Å². The van der Waals surface area contributed by atoms with Crippen LogP contribution in [0.5, 0.6) is 0 Å². The predicted octanol–water partition coefficient (Wildman–Crippen LogP) is 3.12. The van der Waals surface area contributed by atoms with E-state index in [2.05, 4.69) is 4.74 Å². The van der Waals surface area contributed by atoms with Crippen LogP contribution in [-0.4, -0.2) is 15.3 Å². The van der Waals surface area contributed by atoms with E-state index in [9.17, 15) is 4.79 Å². The first-order chi connectivity index (χ1) is 4.34. The van der Waals surface area contributed by atoms with Gasteiger partial charge in [0.15, 0.2) is 0 Å². The summed E-state index contributed by atoms with van der Waals surface area (Å²) < 4.78 is 2.72. The first kappa shape index (κ1) is 10.6. The lowest BCUT2D eigenvalue weighted by atomic mass is 10.5. The fourth-order valence-electron chi connectivity index (χ4n) is 0.206. The van der Waals surface area contributed by atoms with Crippen molar-refractivity contribution in [3.63, 3.8) is 0 Å². The van der Waals surface area contributed by atoms with Crippen molar-refractivity contribution in [2.24, 2.45) is 0 Å². The minimum Gasteiger partial charge on any atom is -0.446 e. The molecule has 0 radical (unpaired) electrons. The molecule has 0 saturated carbocycles. The molecule has 0 aromatic heterocycles. The largest absolute Gasteiger partial charge is 0.446 e. The maximum Gasteiger partial charge on any atom is 0.404 e. The van der Waals surface area contributed by atoms with Crippen molar-refractivity contribution in [1.82, 2.24) is 0 Å². The van der Waals surface area contributed by atoms with E-state index in [1.54, 1.807) is 0 Å². The number of carbonyl (C=O) groups is 1. The molecule has 0 heterocycles. The third-order valence-corrected chi connectivity index (χ3v) is 1.74. The van der Waals surface area contributed by atoms with Gasteiger partial charge in [0, 0.05) is 11.6 Å². The average molecular weight is 226 g/mol. The molecule has 0 fully saturated rings. The Kier molecular flexibility index (Phi) is 4.10. The highest BCUT2D eigenvalue weighted by Crippen LogP contribution is 2.32. The summed E-state index contributed by atoms with van der Waals surface area (Å²) in [6, 6.07) is 0. The first-order valence-electron chi connectivity index (χ1n) is 2.27. The Morgan fingerprint density at radius 2 is 1.90 bits per heavy atom. The van der Waals surface area contributed by atoms with Gasteiger partial charge in [0.25, 0.3) is 0 Å². The zero-order chi connectivity index (χ0) is 8.36. The number of rotatable bonds is 1. The first-order valence-corrected chi connectivity index (χ1v) is 3.78. The van der Waals surface area contributed by atoms with Gasteiger partial charge in [-0.05, 0) is 6.92 Å². The fraction of sp³-hybridized carbons (Fsp3) is 0.750. The van der Waals surface area contributed by atoms with E-state index in [4.69, 9.17) is 46.4 Å². The maximum atomic E-state index is 10.1. The smallest absolute Gasteiger partial charge is 0.404 e. The van der Waals surface area contributed by atoms with Crippen LogP contribution >= 0.6 is 46.4 Å². The van der Waals surface area contributed by atoms with E-state index < -0.39 is 15.3 Å². The van der Waals surface area contributed by atoms with E-state index in [-0.39, 0.29) is 0 Å². The number of ether oxygens (including phenoxy) is 1. The van der Waals surface area contributed by atoms with Gasteiger partial charge in [-0.15, -0.1) is 0 Å². The van der Waals surface area contributed by atoms with Crippen LogP contribution in [0.2, 0.25) is 0 Å². The minimum absolute atomic E-state index is 0.845. The van der Waals surface area contributed by atoms with Crippen molar-refractivity contribution < 1.29 is 9.53 Å². The Balaban J connectivity index is 3.85. The lowest BCUT2D eigenvalue weighted by molar-refractivity contribution is 0.133. The minimum atomic E-state index is -1.62. The van der Waals surface area contributed by atoms with Gasteiger partial charge in [0.2, 0.25) is 3.79 Å². The summed E-state index contributed by atoms with van der Waals surface area (Å²) in [5.41, 5.74) is -0.987. The quantitative estimate of drug-likeness (QED) is 0.507. The second kappa shape index (κ2) is 3.86. The van der Waals surface area contributed by atoms with Gasteiger partial charge >= 0.3 is 5.43 Å². The molecule has 0 N–H and O–H groups in total. The lowest BCUT2D eigenvalue weighted by Crippen LogP contribution is -2.26. The molecule has 0 saturated heterocycles. The van der Waals surface area contributed by atoms with Gasteiger partial charge in [0.1, 0.15) is 6.10 Å². The van der Waals surface area contributed by atoms with Crippen molar-refractivity contribution in [1.29, 1.82) is 0 Å². The van der Waals surface area contributed by atoms with Gasteiger partial charge in [-0.1, -0.05) is 34.8 Å². The third-order valence-electron chi connectivity index (χ3n) is 0.730. The molecule has 10 heavy (non-hydrogen) atoms. The number of halogens is 4. The molecule has 0 bridgehead atoms. The normalized spacial score (nSPS) is 14.5. The van der Waals surface area contributed by atoms with Gasteiger partial charge < -0.3 is 4.74 Å². The molecule has 0 spiro atoms. The topological polar surface area (TPSA) is 26.3 Å². The molecular weight excluding hydrogens is 222 g/mol. The summed E-state index contributed by atoms with van der Waals surface area (Å²) in [6.45, 7) is 1.42. The molecule has 6 heteroatoms. The Morgan fingerprint density at radius 1 is 1.50 bits per heavy atom. The molecular formula is C4H4Cl4O2. The molecule has 0 rings (SSSR count). The van der Waals surface area contributed by atoms with Crippen LogP contribution < -0.4 is 0 Å². The second-order valence-corrected chi connectivity index (χ2v) is 4.22. The summed E-state index contributed by atoms with van der Waals surface area (Å²) in [7, 11) is 0. The monoisotopic (exact) mass is 224 g/mol. The zero-order valence-electron chi connectivity index (χ0n) is 4.91. The number of hydrogen-bond acceptors (Lipinski definition) is 2. The Hall–Kier alpha value is 0.630. The molecule has 2 nitrogen and oxygen atoms in total. The van der Waals surface area contributed by atoms with E-state index in [1.165, 1.54) is 6.92 Å². The highest BCUT2D eigenvalue weighted by molar-refractivity contribution is 6.68. The van der Waals surface area contributed by atoms with E-state index in [0.29, 0.717) is 0 Å². The Morgan fingerprint density at radius 3 is 2.00 bits per heavy atom. The molecule has 0 aliphatic carbocycles. The van der Waals surface area contributed by atoms with E-state index in [1.807, 2.05) is 0 Å². The van der Waals surface area contributed by atoms with E-state index in [0.717, 1.165) is 0 Å². The summed E-state index contributed by atoms with van der Waals surface area (Å²) >= 11 is 20.8. The van der Waals surface area contributed by atoms with Crippen LogP contribution in [0.15, 0.2) is 0 Å². The molecule has 0 aliphatic heterocycles. The SMILES string of the molecule is CC(OC(=O)Cl)C(Cl)(Cl)Cl. The maximum absolute atomic E-state index is 10.1. The Bertz CT molecular complexity index is 130. The molecule has 0 aromatic rings. The Labute approximate surface area is 78.3 Å². The number of hydrogen-bond donors (Lipinski definition) is 0. The van der Waals surface area contributed by atoms with Crippen LogP contribution in [0.25, 0.3) is 0 Å². The highest BCUT2D eigenvalue weighted by Gasteiger charge is 2.31. The van der Waals surface area contributed by atoms with Gasteiger partial charge in [-0.25, -0.2) is 4.79 Å². The highest BCUT2D eigenvalue weighted by atomic mass is 35.6. The van der Waals surface area contributed by atoms with Crippen molar-refractivity contribution in [3.8, 4) is 0 Å². The molecule has 0 amide bonds. The molecule has 1 atom stereocenters. The van der Waals surface area contributed by atoms with Gasteiger partial charge in [0.05, 0.1) is 0 Å². The summed E-state index contributed by atoms with van der Waals surface area (Å²) in [5, 5.41) is 0. The van der Waals surface area contributed by atoms with Crippen molar-refractivity contribution in [2.75, 3.05) is 0 Å². The van der Waals surface area contributed by atoms with Crippen LogP contribution in [0.4, 0.5) is 4.79 Å². The molecule has 60 valence electrons. The van der Waals surface area contributed by atoms with E-state index >= 15 is 0 Å². The van der Waals surface area contributed by atoms with Crippen molar-refractivity contribution in [3.05, 3.63) is 0 Å². The van der Waals surface area contributed by atoms with Crippen LogP contribution in [0.1, 0.15) is 6.92 Å². The second-order valence-electron chi connectivity index (χ2n) is 1.54. The lowest BCUT2D eigenvalue weighted by Gasteiger charge is -2.18. The fourth-order valence-corrected chi connectivity index (χ4v) is 0.473. The van der Waals surface area contributed by atoms with Crippen LogP contribution in [-0.2, 0) is 4.74 Å². The zero-order valence-corrected chi connectivity index (χ0v) is 7.93. The molecule has 0 aromatic carbocycles. The molecule has 0 aliphatic rings. The van der Waals surface area contributed by atoms with Gasteiger partial charge in [-0.2, -0.15) is 0 Å². The van der Waals surface area contributed by atoms with Crippen molar-refractivity contribution in [2.45, 2.75) is 16.8 Å². The third kappa shape index (κ3) is 4.45. The average Bonchev–Trinajstić information content (AvgIpc) is 1.60. The summed E-state index contributed by atoms with van der Waals surface area (Å²) in [6.07, 6.45) is -0.845. The summed E-state index contributed by atoms with van der Waals surface area (Å²) in [5.74, 6) is 0. The number of carbonyl (C=O) groups excluding carboxylic acids is 1. The van der Waals surface area contributed by atoms with Crippen LogP contribution in [0.3, 0.4) is 0 Å². The predicted molar refractivity (Wildman–Crippen MR) is 42.1 cm³/mol.